The molecule has 2 aliphatic rings. The number of piperazine rings is 1. The molecule has 31 heavy (non-hydrogen) atoms. The Morgan fingerprint density at radius 3 is 2.48 bits per heavy atom. The lowest BCUT2D eigenvalue weighted by molar-refractivity contribution is 0.0657. The van der Waals surface area contributed by atoms with Gasteiger partial charge in [0, 0.05) is 51.2 Å². The topological polar surface area (TPSA) is 64.3 Å². The lowest BCUT2D eigenvalue weighted by Gasteiger charge is -2.37. The monoisotopic (exact) mass is 557 g/mol. The van der Waals surface area contributed by atoms with Crippen LogP contribution in [0.25, 0.3) is 0 Å². The molecule has 0 radical (unpaired) electrons. The van der Waals surface area contributed by atoms with Crippen molar-refractivity contribution in [1.29, 1.82) is 0 Å². The van der Waals surface area contributed by atoms with Gasteiger partial charge in [-0.2, -0.15) is 0 Å². The predicted octanol–water partition coefficient (Wildman–Crippen LogP) is 3.20. The van der Waals surface area contributed by atoms with Crippen LogP contribution in [0.2, 0.25) is 0 Å². The molecular weight excluding hydrogens is 525 g/mol. The van der Waals surface area contributed by atoms with Crippen LogP contribution in [0, 0.1) is 5.92 Å². The zero-order valence-corrected chi connectivity index (χ0v) is 21.2. The fourth-order valence-corrected chi connectivity index (χ4v) is 4.96. The molecule has 2 saturated heterocycles. The van der Waals surface area contributed by atoms with Gasteiger partial charge in [0.05, 0.1) is 6.26 Å². The fourth-order valence-electron chi connectivity index (χ4n) is 4.22. The summed E-state index contributed by atoms with van der Waals surface area (Å²) in [5, 5.41) is 5.74. The third kappa shape index (κ3) is 6.45. The van der Waals surface area contributed by atoms with Gasteiger partial charge >= 0.3 is 0 Å². The minimum atomic E-state index is -0.0306. The summed E-state index contributed by atoms with van der Waals surface area (Å²) in [7, 11) is 1.84. The number of likely N-dealkylation sites (tertiary alicyclic amines) is 1. The Morgan fingerprint density at radius 2 is 1.87 bits per heavy atom. The van der Waals surface area contributed by atoms with E-state index in [0.29, 0.717) is 24.8 Å². The van der Waals surface area contributed by atoms with Crippen molar-refractivity contribution in [3.8, 4) is 0 Å². The van der Waals surface area contributed by atoms with Gasteiger partial charge in [0.1, 0.15) is 0 Å². The van der Waals surface area contributed by atoms with Gasteiger partial charge in [-0.05, 0) is 55.4 Å². The van der Waals surface area contributed by atoms with Gasteiger partial charge in [-0.15, -0.1) is 35.3 Å². The summed E-state index contributed by atoms with van der Waals surface area (Å²) >= 11 is 1.85. The molecule has 0 aromatic carbocycles. The van der Waals surface area contributed by atoms with Crippen LogP contribution >= 0.6 is 35.3 Å². The van der Waals surface area contributed by atoms with Crippen molar-refractivity contribution in [3.63, 3.8) is 0 Å². The Balaban J connectivity index is 0.00000272. The number of piperidine rings is 1. The summed E-state index contributed by atoms with van der Waals surface area (Å²) in [6.45, 7) is 7.30. The number of rotatable bonds is 5. The maximum Gasteiger partial charge on any atom is 0.289 e. The molecule has 0 unspecified atom stereocenters. The van der Waals surface area contributed by atoms with Crippen molar-refractivity contribution in [1.82, 2.24) is 20.0 Å². The first-order valence-corrected chi connectivity index (χ1v) is 11.6. The molecule has 4 rings (SSSR count). The van der Waals surface area contributed by atoms with Crippen molar-refractivity contribution in [2.75, 3.05) is 52.9 Å². The number of carbonyl (C=O) groups is 1. The summed E-state index contributed by atoms with van der Waals surface area (Å²) in [5.74, 6) is 2.01. The highest BCUT2D eigenvalue weighted by Gasteiger charge is 2.26. The summed E-state index contributed by atoms with van der Waals surface area (Å²) in [5.41, 5.74) is 0. The van der Waals surface area contributed by atoms with E-state index in [9.17, 15) is 4.79 Å². The molecule has 0 spiro atoms. The van der Waals surface area contributed by atoms with Gasteiger partial charge in [0.15, 0.2) is 11.7 Å². The van der Waals surface area contributed by atoms with Gasteiger partial charge in [-0.1, -0.05) is 6.07 Å². The predicted molar refractivity (Wildman–Crippen MR) is 135 cm³/mol. The molecule has 0 atom stereocenters. The van der Waals surface area contributed by atoms with Crippen LogP contribution in [0.3, 0.4) is 0 Å². The van der Waals surface area contributed by atoms with Crippen molar-refractivity contribution in [2.24, 2.45) is 10.9 Å². The minimum absolute atomic E-state index is 0. The highest BCUT2D eigenvalue weighted by Crippen LogP contribution is 2.20. The number of hydrogen-bond acceptors (Lipinski definition) is 5. The quantitative estimate of drug-likeness (QED) is 0.348. The Hall–Kier alpha value is -1.59. The number of guanidine groups is 1. The zero-order valence-electron chi connectivity index (χ0n) is 18.0. The van der Waals surface area contributed by atoms with Crippen LogP contribution in [0.5, 0.6) is 0 Å². The number of nitrogens with one attached hydrogen (secondary N) is 1. The van der Waals surface area contributed by atoms with Crippen LogP contribution < -0.4 is 5.32 Å². The van der Waals surface area contributed by atoms with E-state index >= 15 is 0 Å². The fraction of sp³-hybridized carbons (Fsp3) is 0.545. The van der Waals surface area contributed by atoms with E-state index in [1.807, 2.05) is 23.3 Å². The normalized spacial score (nSPS) is 18.7. The molecule has 0 bridgehead atoms. The number of furan rings is 1. The van der Waals surface area contributed by atoms with Crippen molar-refractivity contribution >= 4 is 47.2 Å². The molecule has 7 nitrogen and oxygen atoms in total. The lowest BCUT2D eigenvalue weighted by Crippen LogP contribution is -2.54. The summed E-state index contributed by atoms with van der Waals surface area (Å²) in [4.78, 5) is 25.0. The Morgan fingerprint density at radius 1 is 1.13 bits per heavy atom. The van der Waals surface area contributed by atoms with E-state index in [1.54, 1.807) is 18.4 Å². The first-order valence-electron chi connectivity index (χ1n) is 10.8. The molecule has 2 fully saturated rings. The number of nitrogens with zero attached hydrogens (tertiary/aromatic N) is 4. The van der Waals surface area contributed by atoms with E-state index < -0.39 is 0 Å². The van der Waals surface area contributed by atoms with Gasteiger partial charge in [-0.3, -0.25) is 14.7 Å². The number of aliphatic imine (C=N–C) groups is 1. The first-order chi connectivity index (χ1) is 14.7. The standard InChI is InChI=1S/C22H31N5O2S.HI/c1-23-22(27-12-10-26(11-13-27)21(28)20-5-2-14-29-20)24-16-18-6-8-25(9-7-18)17-19-4-3-15-30-19;/h2-5,14-15,18H,6-13,16-17H2,1H3,(H,23,24);1H. The molecule has 4 heterocycles. The number of hydrogen-bond donors (Lipinski definition) is 1. The molecule has 9 heteroatoms. The lowest BCUT2D eigenvalue weighted by atomic mass is 9.97. The first kappa shape index (κ1) is 24.1. The van der Waals surface area contributed by atoms with E-state index in [4.69, 9.17) is 4.42 Å². The number of halogens is 1. The van der Waals surface area contributed by atoms with Gasteiger partial charge in [0.2, 0.25) is 0 Å². The molecule has 170 valence electrons. The second kappa shape index (κ2) is 11.9. The second-order valence-electron chi connectivity index (χ2n) is 7.98. The van der Waals surface area contributed by atoms with Crippen molar-refractivity contribution in [2.45, 2.75) is 19.4 Å². The van der Waals surface area contributed by atoms with E-state index in [2.05, 4.69) is 37.6 Å². The van der Waals surface area contributed by atoms with Gasteiger partial charge in [0.25, 0.3) is 5.91 Å². The van der Waals surface area contributed by atoms with Gasteiger partial charge < -0.3 is 19.5 Å². The molecule has 1 amide bonds. The minimum Gasteiger partial charge on any atom is -0.459 e. The molecule has 0 saturated carbocycles. The molecule has 2 aromatic heterocycles. The van der Waals surface area contributed by atoms with Crippen molar-refractivity contribution < 1.29 is 9.21 Å². The van der Waals surface area contributed by atoms with Crippen LogP contribution in [-0.4, -0.2) is 79.4 Å². The second-order valence-corrected chi connectivity index (χ2v) is 9.02. The summed E-state index contributed by atoms with van der Waals surface area (Å²) in [6.07, 6.45) is 3.99. The van der Waals surface area contributed by atoms with Crippen LogP contribution in [0.1, 0.15) is 28.3 Å². The Labute approximate surface area is 205 Å². The Kier molecular flexibility index (Phi) is 9.21. The van der Waals surface area contributed by atoms with Crippen LogP contribution in [0.15, 0.2) is 45.3 Å². The largest absolute Gasteiger partial charge is 0.459 e. The van der Waals surface area contributed by atoms with E-state index in [0.717, 1.165) is 45.2 Å². The van der Waals surface area contributed by atoms with Crippen LogP contribution in [0.4, 0.5) is 0 Å². The van der Waals surface area contributed by atoms with Crippen molar-refractivity contribution in [3.05, 3.63) is 46.5 Å². The van der Waals surface area contributed by atoms with E-state index in [-0.39, 0.29) is 29.9 Å². The number of amides is 1. The number of carbonyl (C=O) groups excluding carboxylic acids is 1. The van der Waals surface area contributed by atoms with Crippen LogP contribution in [-0.2, 0) is 6.54 Å². The third-order valence-corrected chi connectivity index (χ3v) is 6.89. The van der Waals surface area contributed by atoms with Gasteiger partial charge in [-0.25, -0.2) is 0 Å². The smallest absolute Gasteiger partial charge is 0.289 e. The summed E-state index contributed by atoms with van der Waals surface area (Å²) < 4.78 is 5.24. The molecule has 2 aromatic rings. The third-order valence-electron chi connectivity index (χ3n) is 6.03. The highest BCUT2D eigenvalue weighted by atomic mass is 127. The molecule has 0 aliphatic carbocycles. The maximum atomic E-state index is 12.4. The number of thiophene rings is 1. The zero-order chi connectivity index (χ0) is 20.8. The maximum absolute atomic E-state index is 12.4. The Bertz CT molecular complexity index is 811. The summed E-state index contributed by atoms with van der Waals surface area (Å²) in [6, 6.07) is 7.84. The molecular formula is C22H32IN5O2S. The average molecular weight is 558 g/mol. The molecule has 1 N–H and O–H groups in total. The molecule has 2 aliphatic heterocycles. The average Bonchev–Trinajstić information content (AvgIpc) is 3.50. The highest BCUT2D eigenvalue weighted by molar-refractivity contribution is 14.0. The SMILES string of the molecule is CN=C(NCC1CCN(Cc2cccs2)CC1)N1CCN(C(=O)c2ccco2)CC1.I. The van der Waals surface area contributed by atoms with E-state index in [1.165, 1.54) is 17.7 Å².